The molecule has 2 unspecified atom stereocenters. The van der Waals surface area contributed by atoms with Gasteiger partial charge >= 0.3 is 0 Å². The van der Waals surface area contributed by atoms with Crippen LogP contribution in [0.25, 0.3) is 0 Å². The molecule has 18 heavy (non-hydrogen) atoms. The maximum Gasteiger partial charge on any atom is 0.0136 e. The van der Waals surface area contributed by atoms with Gasteiger partial charge in [-0.1, -0.05) is 19.3 Å². The first-order chi connectivity index (χ1) is 8.83. The standard InChI is InChI=1S/C16H30N2/c1-17-13-14-5-6-15(14)18-11-9-16(10-12-18)7-3-2-4-8-16/h14-15,17H,2-13H2,1H3. The summed E-state index contributed by atoms with van der Waals surface area (Å²) < 4.78 is 0. The van der Waals surface area contributed by atoms with E-state index >= 15 is 0 Å². The summed E-state index contributed by atoms with van der Waals surface area (Å²) in [7, 11) is 2.10. The average molecular weight is 250 g/mol. The van der Waals surface area contributed by atoms with E-state index in [1.807, 2.05) is 0 Å². The summed E-state index contributed by atoms with van der Waals surface area (Å²) in [5.74, 6) is 0.940. The van der Waals surface area contributed by atoms with E-state index in [-0.39, 0.29) is 0 Å². The summed E-state index contributed by atoms with van der Waals surface area (Å²) in [5, 5.41) is 3.37. The fraction of sp³-hybridized carbons (Fsp3) is 1.00. The van der Waals surface area contributed by atoms with Crippen molar-refractivity contribution >= 4 is 0 Å². The van der Waals surface area contributed by atoms with Gasteiger partial charge in [-0.15, -0.1) is 0 Å². The van der Waals surface area contributed by atoms with E-state index in [0.29, 0.717) is 0 Å². The van der Waals surface area contributed by atoms with E-state index in [1.165, 1.54) is 77.4 Å². The van der Waals surface area contributed by atoms with Crippen molar-refractivity contribution in [1.29, 1.82) is 0 Å². The van der Waals surface area contributed by atoms with E-state index in [1.54, 1.807) is 0 Å². The highest BCUT2D eigenvalue weighted by Gasteiger charge is 2.41. The highest BCUT2D eigenvalue weighted by Crippen LogP contribution is 2.46. The molecule has 2 heteroatoms. The second-order valence-corrected chi connectivity index (χ2v) is 7.06. The molecular weight excluding hydrogens is 220 g/mol. The molecule has 1 saturated heterocycles. The van der Waals surface area contributed by atoms with Gasteiger partial charge in [0.2, 0.25) is 0 Å². The monoisotopic (exact) mass is 250 g/mol. The Labute approximate surface area is 113 Å². The summed E-state index contributed by atoms with van der Waals surface area (Å²) in [6, 6.07) is 0.915. The summed E-state index contributed by atoms with van der Waals surface area (Å²) in [4.78, 5) is 2.82. The van der Waals surface area contributed by atoms with E-state index in [9.17, 15) is 0 Å². The predicted octanol–water partition coefficient (Wildman–Crippen LogP) is 3.03. The first-order valence-corrected chi connectivity index (χ1v) is 8.22. The summed E-state index contributed by atoms with van der Waals surface area (Å²) in [6.45, 7) is 4.02. The van der Waals surface area contributed by atoms with Gasteiger partial charge in [0.15, 0.2) is 0 Å². The minimum atomic E-state index is 0.775. The molecule has 0 radical (unpaired) electrons. The molecule has 3 rings (SSSR count). The maximum atomic E-state index is 3.37. The molecule has 1 aliphatic heterocycles. The van der Waals surface area contributed by atoms with Crippen LogP contribution in [0.4, 0.5) is 0 Å². The lowest BCUT2D eigenvalue weighted by molar-refractivity contribution is -0.00422. The summed E-state index contributed by atoms with van der Waals surface area (Å²) in [5.41, 5.74) is 0.775. The van der Waals surface area contributed by atoms with Gasteiger partial charge in [-0.05, 0) is 76.5 Å². The molecule has 0 aromatic heterocycles. The zero-order valence-electron chi connectivity index (χ0n) is 12.1. The Morgan fingerprint density at radius 1 is 1.00 bits per heavy atom. The Hall–Kier alpha value is -0.0800. The molecule has 1 spiro atoms. The van der Waals surface area contributed by atoms with Crippen molar-refractivity contribution in [2.75, 3.05) is 26.7 Å². The van der Waals surface area contributed by atoms with Crippen LogP contribution in [0.2, 0.25) is 0 Å². The fourth-order valence-corrected chi connectivity index (χ4v) is 4.66. The third-order valence-electron chi connectivity index (χ3n) is 6.09. The van der Waals surface area contributed by atoms with Crippen molar-refractivity contribution in [3.8, 4) is 0 Å². The molecule has 3 aliphatic rings. The van der Waals surface area contributed by atoms with E-state index in [2.05, 4.69) is 17.3 Å². The molecule has 1 N–H and O–H groups in total. The Morgan fingerprint density at radius 3 is 2.28 bits per heavy atom. The molecule has 104 valence electrons. The predicted molar refractivity (Wildman–Crippen MR) is 76.8 cm³/mol. The van der Waals surface area contributed by atoms with Gasteiger partial charge in [-0.3, -0.25) is 0 Å². The lowest BCUT2D eigenvalue weighted by atomic mass is 9.67. The van der Waals surface area contributed by atoms with Crippen LogP contribution in [0.1, 0.15) is 57.8 Å². The molecule has 0 aromatic carbocycles. The van der Waals surface area contributed by atoms with Crippen LogP contribution in [0.3, 0.4) is 0 Å². The SMILES string of the molecule is CNCC1CCC1N1CCC2(CCCCC2)CC1. The Kier molecular flexibility index (Phi) is 3.95. The number of likely N-dealkylation sites (tertiary alicyclic amines) is 1. The average Bonchev–Trinajstić information content (AvgIpc) is 2.39. The van der Waals surface area contributed by atoms with Crippen molar-refractivity contribution in [3.63, 3.8) is 0 Å². The largest absolute Gasteiger partial charge is 0.319 e. The Balaban J connectivity index is 1.50. The van der Waals surface area contributed by atoms with Crippen LogP contribution in [0, 0.1) is 11.3 Å². The molecule has 0 amide bonds. The van der Waals surface area contributed by atoms with Crippen LogP contribution < -0.4 is 5.32 Å². The topological polar surface area (TPSA) is 15.3 Å². The fourth-order valence-electron chi connectivity index (χ4n) is 4.66. The highest BCUT2D eigenvalue weighted by molar-refractivity contribution is 4.95. The number of hydrogen-bond acceptors (Lipinski definition) is 2. The molecule has 0 aromatic rings. The zero-order chi connectivity index (χ0) is 12.4. The van der Waals surface area contributed by atoms with Gasteiger partial charge in [0.25, 0.3) is 0 Å². The minimum absolute atomic E-state index is 0.775. The van der Waals surface area contributed by atoms with Gasteiger partial charge < -0.3 is 10.2 Å². The van der Waals surface area contributed by atoms with E-state index in [4.69, 9.17) is 0 Å². The Morgan fingerprint density at radius 2 is 1.72 bits per heavy atom. The second-order valence-electron chi connectivity index (χ2n) is 7.06. The van der Waals surface area contributed by atoms with Crippen molar-refractivity contribution in [2.45, 2.75) is 63.8 Å². The summed E-state index contributed by atoms with van der Waals surface area (Å²) in [6.07, 6.45) is 13.5. The third kappa shape index (κ3) is 2.46. The normalized spacial score (nSPS) is 36.5. The van der Waals surface area contributed by atoms with Crippen molar-refractivity contribution in [3.05, 3.63) is 0 Å². The van der Waals surface area contributed by atoms with Gasteiger partial charge in [-0.25, -0.2) is 0 Å². The van der Waals surface area contributed by atoms with Crippen molar-refractivity contribution in [1.82, 2.24) is 10.2 Å². The molecule has 2 nitrogen and oxygen atoms in total. The van der Waals surface area contributed by atoms with Gasteiger partial charge in [0.05, 0.1) is 0 Å². The number of piperidine rings is 1. The van der Waals surface area contributed by atoms with Crippen LogP contribution in [-0.2, 0) is 0 Å². The first-order valence-electron chi connectivity index (χ1n) is 8.22. The molecular formula is C16H30N2. The number of hydrogen-bond donors (Lipinski definition) is 1. The minimum Gasteiger partial charge on any atom is -0.319 e. The number of nitrogens with one attached hydrogen (secondary N) is 1. The molecule has 2 saturated carbocycles. The van der Waals surface area contributed by atoms with Crippen LogP contribution in [0.15, 0.2) is 0 Å². The maximum absolute atomic E-state index is 3.37. The van der Waals surface area contributed by atoms with Crippen LogP contribution in [-0.4, -0.2) is 37.6 Å². The second kappa shape index (κ2) is 5.50. The molecule has 2 atom stereocenters. The van der Waals surface area contributed by atoms with Gasteiger partial charge in [0.1, 0.15) is 0 Å². The highest BCUT2D eigenvalue weighted by atomic mass is 15.2. The van der Waals surface area contributed by atoms with Gasteiger partial charge in [-0.2, -0.15) is 0 Å². The number of rotatable bonds is 3. The smallest absolute Gasteiger partial charge is 0.0136 e. The lowest BCUT2D eigenvalue weighted by Crippen LogP contribution is -2.54. The molecule has 3 fully saturated rings. The van der Waals surface area contributed by atoms with E-state index in [0.717, 1.165) is 17.4 Å². The first kappa shape index (κ1) is 12.9. The molecule has 1 heterocycles. The van der Waals surface area contributed by atoms with Crippen LogP contribution >= 0.6 is 0 Å². The van der Waals surface area contributed by atoms with Gasteiger partial charge in [0, 0.05) is 6.04 Å². The van der Waals surface area contributed by atoms with E-state index < -0.39 is 0 Å². The molecule has 0 bridgehead atoms. The molecule has 2 aliphatic carbocycles. The number of nitrogens with zero attached hydrogens (tertiary/aromatic N) is 1. The zero-order valence-corrected chi connectivity index (χ0v) is 12.1. The van der Waals surface area contributed by atoms with Crippen LogP contribution in [0.5, 0.6) is 0 Å². The Bertz CT molecular complexity index is 260. The van der Waals surface area contributed by atoms with Crippen molar-refractivity contribution < 1.29 is 0 Å². The lowest BCUT2D eigenvalue weighted by Gasteiger charge is -2.51. The summed E-state index contributed by atoms with van der Waals surface area (Å²) >= 11 is 0. The third-order valence-corrected chi connectivity index (χ3v) is 6.09. The van der Waals surface area contributed by atoms with Crippen molar-refractivity contribution in [2.24, 2.45) is 11.3 Å². The quantitative estimate of drug-likeness (QED) is 0.828.